The number of benzene rings is 1. The number of amides is 1. The molecule has 0 spiro atoms. The molecule has 3 heterocycles. The maximum atomic E-state index is 13.0. The second kappa shape index (κ2) is 5.81. The Balaban J connectivity index is 1.77. The fraction of sp³-hybridized carbons (Fsp3) is 0.421. The van der Waals surface area contributed by atoms with E-state index in [1.807, 2.05) is 11.0 Å². The summed E-state index contributed by atoms with van der Waals surface area (Å²) in [6.45, 7) is 4.39. The Hall–Kier alpha value is -2.47. The molecule has 0 saturated carbocycles. The van der Waals surface area contributed by atoms with E-state index in [4.69, 9.17) is 9.47 Å². The number of nitrogens with zero attached hydrogens (tertiary/aromatic N) is 1. The zero-order valence-electron chi connectivity index (χ0n) is 14.0. The minimum Gasteiger partial charge on any atom is -0.504 e. The van der Waals surface area contributed by atoms with Gasteiger partial charge >= 0.3 is 0 Å². The first kappa shape index (κ1) is 16.0. The summed E-state index contributed by atoms with van der Waals surface area (Å²) in [7, 11) is 1.52. The zero-order chi connectivity index (χ0) is 17.7. The van der Waals surface area contributed by atoms with Crippen molar-refractivity contribution in [1.82, 2.24) is 4.90 Å². The predicted octanol–water partition coefficient (Wildman–Crippen LogP) is 1.88. The fourth-order valence-corrected chi connectivity index (χ4v) is 4.29. The highest BCUT2D eigenvalue weighted by atomic mass is 16.6. The average Bonchev–Trinajstić information content (AvgIpc) is 2.61. The van der Waals surface area contributed by atoms with Crippen molar-refractivity contribution in [1.29, 1.82) is 0 Å². The molecule has 1 aromatic carbocycles. The quantitative estimate of drug-likeness (QED) is 0.802. The van der Waals surface area contributed by atoms with E-state index in [1.54, 1.807) is 12.1 Å². The van der Waals surface area contributed by atoms with Gasteiger partial charge in [0.25, 0.3) is 5.91 Å². The van der Waals surface area contributed by atoms with E-state index in [1.165, 1.54) is 13.4 Å². The lowest BCUT2D eigenvalue weighted by molar-refractivity contribution is -0.143. The van der Waals surface area contributed by atoms with Crippen LogP contribution in [0.4, 0.5) is 0 Å². The van der Waals surface area contributed by atoms with Crippen LogP contribution < -0.4 is 4.74 Å². The summed E-state index contributed by atoms with van der Waals surface area (Å²) in [5, 5.41) is 20.3. The van der Waals surface area contributed by atoms with Crippen LogP contribution in [0.1, 0.15) is 23.6 Å². The van der Waals surface area contributed by atoms with E-state index in [0.29, 0.717) is 30.7 Å². The molecule has 3 aliphatic rings. The van der Waals surface area contributed by atoms with Gasteiger partial charge in [0.15, 0.2) is 11.5 Å². The number of fused-ring (bicyclic) bond motifs is 4. The highest BCUT2D eigenvalue weighted by Crippen LogP contribution is 2.48. The third-order valence-corrected chi connectivity index (χ3v) is 5.58. The Kier molecular flexibility index (Phi) is 3.72. The number of rotatable bonds is 2. The number of phenolic OH excluding ortho intramolecular Hbond substituents is 1. The molecule has 0 unspecified atom stereocenters. The number of methoxy groups -OCH3 is 1. The molecule has 0 aliphatic carbocycles. The minimum atomic E-state index is -0.988. The summed E-state index contributed by atoms with van der Waals surface area (Å²) in [4.78, 5) is 14.8. The second-order valence-corrected chi connectivity index (χ2v) is 6.74. The lowest BCUT2D eigenvalue weighted by Crippen LogP contribution is -2.50. The molecule has 4 rings (SSSR count). The molecule has 6 heteroatoms. The molecule has 1 fully saturated rings. The summed E-state index contributed by atoms with van der Waals surface area (Å²) in [5.41, 5.74) is 2.62. The summed E-state index contributed by atoms with van der Waals surface area (Å²) in [5.74, 6) is -0.0287. The number of hydrogen-bond donors (Lipinski definition) is 2. The van der Waals surface area contributed by atoms with E-state index < -0.39 is 6.29 Å². The summed E-state index contributed by atoms with van der Waals surface area (Å²) >= 11 is 0. The van der Waals surface area contributed by atoms with Gasteiger partial charge in [-0.2, -0.15) is 0 Å². The van der Waals surface area contributed by atoms with Crippen LogP contribution in [-0.4, -0.2) is 41.0 Å². The Morgan fingerprint density at radius 2 is 2.24 bits per heavy atom. The smallest absolute Gasteiger partial charge is 0.253 e. The van der Waals surface area contributed by atoms with Crippen LogP contribution in [0.3, 0.4) is 0 Å². The molecular weight excluding hydrogens is 322 g/mol. The number of aromatic hydroxyl groups is 1. The molecule has 132 valence electrons. The van der Waals surface area contributed by atoms with Crippen LogP contribution in [0.2, 0.25) is 0 Å². The van der Waals surface area contributed by atoms with Crippen molar-refractivity contribution in [3.05, 3.63) is 47.7 Å². The third-order valence-electron chi connectivity index (χ3n) is 5.58. The number of ether oxygens (including phenoxy) is 2. The van der Waals surface area contributed by atoms with Crippen molar-refractivity contribution in [2.24, 2.45) is 11.8 Å². The van der Waals surface area contributed by atoms with Gasteiger partial charge in [-0.15, -0.1) is 6.58 Å². The number of carbonyl (C=O) groups excluding carboxylic acids is 1. The Labute approximate surface area is 146 Å². The van der Waals surface area contributed by atoms with Gasteiger partial charge in [0.2, 0.25) is 6.29 Å². The van der Waals surface area contributed by atoms with Crippen molar-refractivity contribution in [2.45, 2.75) is 25.2 Å². The van der Waals surface area contributed by atoms with Gasteiger partial charge in [-0.05, 0) is 36.1 Å². The number of hydrogen-bond acceptors (Lipinski definition) is 5. The van der Waals surface area contributed by atoms with Crippen molar-refractivity contribution in [2.75, 3.05) is 13.7 Å². The maximum absolute atomic E-state index is 13.0. The van der Waals surface area contributed by atoms with Gasteiger partial charge in [0.1, 0.15) is 0 Å². The van der Waals surface area contributed by atoms with Crippen molar-refractivity contribution >= 4 is 5.91 Å². The maximum Gasteiger partial charge on any atom is 0.253 e. The van der Waals surface area contributed by atoms with Gasteiger partial charge in [0, 0.05) is 18.4 Å². The molecule has 1 aromatic rings. The van der Waals surface area contributed by atoms with E-state index in [-0.39, 0.29) is 29.5 Å². The SMILES string of the molecule is C=C[C@H]1[C@H](O)OC=C2C(=O)N3CCc4cc(OC)c(O)cc4[C@H]3C[C@H]21. The highest BCUT2D eigenvalue weighted by molar-refractivity contribution is 5.95. The van der Waals surface area contributed by atoms with Gasteiger partial charge in [-0.25, -0.2) is 0 Å². The first-order valence-corrected chi connectivity index (χ1v) is 8.42. The van der Waals surface area contributed by atoms with Crippen molar-refractivity contribution in [3.8, 4) is 11.5 Å². The molecule has 25 heavy (non-hydrogen) atoms. The summed E-state index contributed by atoms with van der Waals surface area (Å²) in [6.07, 6.45) is 3.43. The molecule has 1 saturated heterocycles. The van der Waals surface area contributed by atoms with E-state index in [9.17, 15) is 15.0 Å². The van der Waals surface area contributed by atoms with Crippen LogP contribution in [-0.2, 0) is 16.0 Å². The number of aliphatic hydroxyl groups is 1. The van der Waals surface area contributed by atoms with Crippen LogP contribution in [0.15, 0.2) is 36.6 Å². The monoisotopic (exact) mass is 343 g/mol. The largest absolute Gasteiger partial charge is 0.504 e. The highest BCUT2D eigenvalue weighted by Gasteiger charge is 2.47. The molecule has 4 atom stereocenters. The van der Waals surface area contributed by atoms with Gasteiger partial charge in [-0.3, -0.25) is 4.79 Å². The van der Waals surface area contributed by atoms with Crippen LogP contribution in [0, 0.1) is 11.8 Å². The van der Waals surface area contributed by atoms with E-state index in [2.05, 4.69) is 6.58 Å². The topological polar surface area (TPSA) is 79.2 Å². The molecule has 0 aromatic heterocycles. The lowest BCUT2D eigenvalue weighted by atomic mass is 9.73. The summed E-state index contributed by atoms with van der Waals surface area (Å²) in [6, 6.07) is 3.41. The molecule has 0 bridgehead atoms. The normalized spacial score (nSPS) is 30.4. The van der Waals surface area contributed by atoms with E-state index in [0.717, 1.165) is 11.1 Å². The third kappa shape index (κ3) is 2.32. The van der Waals surface area contributed by atoms with E-state index >= 15 is 0 Å². The Bertz CT molecular complexity index is 771. The van der Waals surface area contributed by atoms with Gasteiger partial charge < -0.3 is 24.6 Å². The van der Waals surface area contributed by atoms with Crippen LogP contribution >= 0.6 is 0 Å². The number of aliphatic hydroxyl groups excluding tert-OH is 1. The molecule has 0 radical (unpaired) electrons. The van der Waals surface area contributed by atoms with Crippen LogP contribution in [0.5, 0.6) is 11.5 Å². The molecule has 2 N–H and O–H groups in total. The summed E-state index contributed by atoms with van der Waals surface area (Å²) < 4.78 is 10.4. The Morgan fingerprint density at radius 3 is 2.96 bits per heavy atom. The number of phenols is 1. The zero-order valence-corrected chi connectivity index (χ0v) is 14.0. The lowest BCUT2D eigenvalue weighted by Gasteiger charge is -2.47. The number of carbonyl (C=O) groups is 1. The standard InChI is InChI=1S/C19H21NO5/c1-3-11-13-7-15-12-8-16(21)17(24-2)6-10(12)4-5-20(15)18(22)14(13)9-25-19(11)23/h3,6,8-9,11,13,15,19,21,23H,1,4-5,7H2,2H3/t11-,13+,15-,19-/m1/s1. The number of piperidine rings is 1. The molecule has 1 amide bonds. The molecule has 6 nitrogen and oxygen atoms in total. The first-order chi connectivity index (χ1) is 12.0. The second-order valence-electron chi connectivity index (χ2n) is 6.74. The average molecular weight is 343 g/mol. The molecular formula is C19H21NO5. The fourth-order valence-electron chi connectivity index (χ4n) is 4.29. The minimum absolute atomic E-state index is 0.0686. The van der Waals surface area contributed by atoms with Crippen molar-refractivity contribution < 1.29 is 24.5 Å². The predicted molar refractivity (Wildman–Crippen MR) is 89.8 cm³/mol. The van der Waals surface area contributed by atoms with Crippen molar-refractivity contribution in [3.63, 3.8) is 0 Å². The first-order valence-electron chi connectivity index (χ1n) is 8.42. The van der Waals surface area contributed by atoms with Gasteiger partial charge in [0.05, 0.1) is 25.0 Å². The Morgan fingerprint density at radius 1 is 1.44 bits per heavy atom. The van der Waals surface area contributed by atoms with Crippen LogP contribution in [0.25, 0.3) is 0 Å². The van der Waals surface area contributed by atoms with Gasteiger partial charge in [-0.1, -0.05) is 6.08 Å². The molecule has 3 aliphatic heterocycles.